The van der Waals surface area contributed by atoms with Crippen LogP contribution >= 0.6 is 0 Å². The summed E-state index contributed by atoms with van der Waals surface area (Å²) in [5, 5.41) is 9.13. The number of hydrogen-bond acceptors (Lipinski definition) is 5. The van der Waals surface area contributed by atoms with Crippen molar-refractivity contribution in [3.05, 3.63) is 60.4 Å². The van der Waals surface area contributed by atoms with Gasteiger partial charge in [-0.1, -0.05) is 30.3 Å². The molecule has 0 radical (unpaired) electrons. The summed E-state index contributed by atoms with van der Waals surface area (Å²) in [6.07, 6.45) is 5.14. The molecule has 0 saturated heterocycles. The van der Waals surface area contributed by atoms with Crippen LogP contribution in [0, 0.1) is 11.5 Å². The topological polar surface area (TPSA) is 86.1 Å². The number of nitriles is 1. The lowest BCUT2D eigenvalue weighted by molar-refractivity contribution is 0.285. The van der Waals surface area contributed by atoms with Gasteiger partial charge in [0.15, 0.2) is 23.5 Å². The molecule has 1 heterocycles. The first-order valence-electron chi connectivity index (χ1n) is 7.31. The van der Waals surface area contributed by atoms with Crippen LogP contribution in [0.5, 0.6) is 11.5 Å². The van der Waals surface area contributed by atoms with Gasteiger partial charge in [0.1, 0.15) is 6.61 Å². The molecule has 0 atom stereocenters. The van der Waals surface area contributed by atoms with Gasteiger partial charge in [0, 0.05) is 18.0 Å². The van der Waals surface area contributed by atoms with Gasteiger partial charge in [0.05, 0.1) is 12.8 Å². The van der Waals surface area contributed by atoms with Crippen LogP contribution in [0.25, 0.3) is 11.4 Å². The number of benzene rings is 2. The van der Waals surface area contributed by atoms with Gasteiger partial charge in [-0.2, -0.15) is 5.26 Å². The molecule has 6 heteroatoms. The van der Waals surface area contributed by atoms with Gasteiger partial charge < -0.3 is 15.2 Å². The van der Waals surface area contributed by atoms with Crippen LogP contribution < -0.4 is 15.2 Å². The Morgan fingerprint density at radius 2 is 2.00 bits per heavy atom. The summed E-state index contributed by atoms with van der Waals surface area (Å²) < 4.78 is 12.6. The third-order valence-electron chi connectivity index (χ3n) is 3.59. The van der Waals surface area contributed by atoms with Crippen molar-refractivity contribution in [3.8, 4) is 29.1 Å². The number of nitrogens with zero attached hydrogens (tertiary/aromatic N) is 3. The molecule has 3 rings (SSSR count). The first-order chi connectivity index (χ1) is 11.7. The van der Waals surface area contributed by atoms with E-state index in [1.54, 1.807) is 24.5 Å². The van der Waals surface area contributed by atoms with Crippen molar-refractivity contribution < 1.29 is 9.47 Å². The highest BCUT2D eigenvalue weighted by atomic mass is 16.5. The fraction of sp³-hybridized carbons (Fsp3) is 0.111. The highest BCUT2D eigenvalue weighted by Crippen LogP contribution is 2.40. The Kier molecular flexibility index (Phi) is 4.34. The first kappa shape index (κ1) is 15.4. The molecule has 0 amide bonds. The number of ether oxygens (including phenoxy) is 2. The molecule has 2 N–H and O–H groups in total. The van der Waals surface area contributed by atoms with Gasteiger partial charge >= 0.3 is 0 Å². The zero-order chi connectivity index (χ0) is 16.9. The molecule has 0 spiro atoms. The van der Waals surface area contributed by atoms with E-state index in [4.69, 9.17) is 20.5 Å². The normalized spacial score (nSPS) is 10.2. The summed E-state index contributed by atoms with van der Waals surface area (Å²) >= 11 is 0. The Bertz CT molecular complexity index is 882. The quantitative estimate of drug-likeness (QED) is 0.730. The third-order valence-corrected chi connectivity index (χ3v) is 3.59. The molecule has 2 aromatic carbocycles. The van der Waals surface area contributed by atoms with E-state index in [1.165, 1.54) is 11.7 Å². The van der Waals surface area contributed by atoms with Gasteiger partial charge in [0.25, 0.3) is 0 Å². The molecular formula is C18H16N4O2. The summed E-state index contributed by atoms with van der Waals surface area (Å²) in [7, 11) is 1.53. The van der Waals surface area contributed by atoms with Crippen LogP contribution in [0.1, 0.15) is 5.56 Å². The molecule has 1 aromatic heterocycles. The van der Waals surface area contributed by atoms with E-state index in [2.05, 4.69) is 4.98 Å². The van der Waals surface area contributed by atoms with Gasteiger partial charge in [-0.3, -0.25) is 0 Å². The Morgan fingerprint density at radius 3 is 2.71 bits per heavy atom. The summed E-state index contributed by atoms with van der Waals surface area (Å²) in [5.74, 6) is 1.43. The Labute approximate surface area is 139 Å². The summed E-state index contributed by atoms with van der Waals surface area (Å²) in [4.78, 5) is 4.18. The highest BCUT2D eigenvalue weighted by Gasteiger charge is 2.17. The van der Waals surface area contributed by atoms with E-state index in [0.29, 0.717) is 35.2 Å². The minimum absolute atomic E-state index is 0.380. The molecule has 0 aliphatic carbocycles. The number of anilines is 1. The van der Waals surface area contributed by atoms with E-state index in [1.807, 2.05) is 36.5 Å². The molecule has 0 unspecified atom stereocenters. The van der Waals surface area contributed by atoms with Crippen LogP contribution in [0.3, 0.4) is 0 Å². The zero-order valence-corrected chi connectivity index (χ0v) is 13.1. The molecular weight excluding hydrogens is 304 g/mol. The van der Waals surface area contributed by atoms with Crippen molar-refractivity contribution in [2.75, 3.05) is 12.8 Å². The Hall–Kier alpha value is -3.46. The zero-order valence-electron chi connectivity index (χ0n) is 13.1. The van der Waals surface area contributed by atoms with Gasteiger partial charge in [-0.25, -0.2) is 9.55 Å². The van der Waals surface area contributed by atoms with E-state index in [0.717, 1.165) is 5.56 Å². The molecule has 120 valence electrons. The monoisotopic (exact) mass is 320 g/mol. The van der Waals surface area contributed by atoms with Crippen molar-refractivity contribution in [3.63, 3.8) is 0 Å². The average Bonchev–Trinajstić information content (AvgIpc) is 3.09. The lowest BCUT2D eigenvalue weighted by Crippen LogP contribution is -2.03. The number of hydrogen-bond donors (Lipinski definition) is 1. The van der Waals surface area contributed by atoms with E-state index < -0.39 is 0 Å². The average molecular weight is 320 g/mol. The minimum Gasteiger partial charge on any atom is -0.491 e. The maximum atomic E-state index is 9.13. The predicted molar refractivity (Wildman–Crippen MR) is 90.4 cm³/mol. The minimum atomic E-state index is 0.380. The fourth-order valence-corrected chi connectivity index (χ4v) is 2.42. The molecule has 24 heavy (non-hydrogen) atoms. The standard InChI is InChI=1S/C18H16N4O2/c1-23-17-15(24-11-13-5-3-2-4-6-13)8-7-14(16(17)20)18-21-9-10-22(18)12-19/h2-10H,11,20H2,1H3. The largest absolute Gasteiger partial charge is 0.491 e. The van der Waals surface area contributed by atoms with Crippen LogP contribution in [0.15, 0.2) is 54.9 Å². The van der Waals surface area contributed by atoms with E-state index in [9.17, 15) is 0 Å². The Morgan fingerprint density at radius 1 is 1.21 bits per heavy atom. The molecule has 0 fully saturated rings. The van der Waals surface area contributed by atoms with Crippen molar-refractivity contribution in [2.45, 2.75) is 6.61 Å². The summed E-state index contributed by atoms with van der Waals surface area (Å²) in [5.41, 5.74) is 8.25. The van der Waals surface area contributed by atoms with E-state index in [-0.39, 0.29) is 0 Å². The lowest BCUT2D eigenvalue weighted by atomic mass is 10.1. The van der Waals surface area contributed by atoms with Crippen molar-refractivity contribution in [1.82, 2.24) is 9.55 Å². The number of nitrogens with two attached hydrogens (primary N) is 1. The Balaban J connectivity index is 1.93. The van der Waals surface area contributed by atoms with Crippen LogP contribution in [-0.4, -0.2) is 16.7 Å². The van der Waals surface area contributed by atoms with Crippen LogP contribution in [-0.2, 0) is 6.61 Å². The maximum absolute atomic E-state index is 9.13. The number of rotatable bonds is 5. The molecule has 0 saturated carbocycles. The van der Waals surface area contributed by atoms with Crippen LogP contribution in [0.2, 0.25) is 0 Å². The smallest absolute Gasteiger partial charge is 0.190 e. The van der Waals surface area contributed by atoms with E-state index >= 15 is 0 Å². The summed E-state index contributed by atoms with van der Waals surface area (Å²) in [6, 6.07) is 13.4. The highest BCUT2D eigenvalue weighted by molar-refractivity contribution is 5.80. The number of nitrogen functional groups attached to an aromatic ring is 1. The lowest BCUT2D eigenvalue weighted by Gasteiger charge is -2.15. The summed E-state index contributed by atoms with van der Waals surface area (Å²) in [6.45, 7) is 0.406. The molecule has 0 aliphatic heterocycles. The second kappa shape index (κ2) is 6.75. The van der Waals surface area contributed by atoms with Gasteiger partial charge in [-0.05, 0) is 17.7 Å². The fourth-order valence-electron chi connectivity index (χ4n) is 2.42. The maximum Gasteiger partial charge on any atom is 0.190 e. The van der Waals surface area contributed by atoms with Gasteiger partial charge in [0.2, 0.25) is 0 Å². The SMILES string of the molecule is COc1c(OCc2ccccc2)ccc(-c2nccn2C#N)c1N. The molecule has 3 aromatic rings. The predicted octanol–water partition coefficient (Wildman–Crippen LogP) is 3.05. The first-order valence-corrected chi connectivity index (χ1v) is 7.31. The molecule has 0 aliphatic rings. The van der Waals surface area contributed by atoms with Gasteiger partial charge in [-0.15, -0.1) is 0 Å². The van der Waals surface area contributed by atoms with Crippen molar-refractivity contribution in [2.24, 2.45) is 0 Å². The molecule has 6 nitrogen and oxygen atoms in total. The number of aromatic nitrogens is 2. The number of methoxy groups -OCH3 is 1. The van der Waals surface area contributed by atoms with Crippen molar-refractivity contribution >= 4 is 5.69 Å². The number of imidazole rings is 1. The molecule has 0 bridgehead atoms. The second-order valence-electron chi connectivity index (χ2n) is 5.05. The van der Waals surface area contributed by atoms with Crippen molar-refractivity contribution in [1.29, 1.82) is 5.26 Å². The third kappa shape index (κ3) is 2.88. The van der Waals surface area contributed by atoms with Crippen LogP contribution in [0.4, 0.5) is 5.69 Å². The second-order valence-corrected chi connectivity index (χ2v) is 5.05.